The molecule has 0 bridgehead atoms. The fourth-order valence-electron chi connectivity index (χ4n) is 3.13. The largest absolute Gasteiger partial charge is 0.330 e. The number of imide groups is 2. The second-order valence-corrected chi connectivity index (χ2v) is 6.38. The van der Waals surface area contributed by atoms with Crippen LogP contribution in [0.2, 0.25) is 0 Å². The molecule has 4 rings (SSSR count). The summed E-state index contributed by atoms with van der Waals surface area (Å²) in [6, 6.07) is 16.5. The molecule has 5 amide bonds. The summed E-state index contributed by atoms with van der Waals surface area (Å²) >= 11 is 0. The van der Waals surface area contributed by atoms with Gasteiger partial charge >= 0.3 is 6.03 Å². The Morgan fingerprint density at radius 2 is 1.56 bits per heavy atom. The molecule has 0 saturated carbocycles. The highest BCUT2D eigenvalue weighted by molar-refractivity contribution is 6.28. The normalized spacial score (nSPS) is 17.3. The van der Waals surface area contributed by atoms with Crippen LogP contribution in [0.3, 0.4) is 0 Å². The molecule has 1 unspecified atom stereocenters. The minimum absolute atomic E-state index is 0.461. The summed E-state index contributed by atoms with van der Waals surface area (Å²) in [6.45, 7) is 0. The molecule has 7 heteroatoms. The maximum absolute atomic E-state index is 12.5. The molecule has 3 aromatic carbocycles. The lowest BCUT2D eigenvalue weighted by atomic mass is 10.0. The van der Waals surface area contributed by atoms with Crippen molar-refractivity contribution < 1.29 is 19.2 Å². The minimum Gasteiger partial charge on any atom is -0.325 e. The van der Waals surface area contributed by atoms with E-state index >= 15 is 0 Å². The summed E-state index contributed by atoms with van der Waals surface area (Å²) in [5.41, 5.74) is 0.461. The summed E-state index contributed by atoms with van der Waals surface area (Å²) in [5, 5.41) is 8.68. The average Bonchev–Trinajstić information content (AvgIpc) is 2.64. The molecule has 1 saturated heterocycles. The van der Waals surface area contributed by atoms with Gasteiger partial charge in [0.05, 0.1) is 0 Å². The Morgan fingerprint density at radius 3 is 2.26 bits per heavy atom. The first-order chi connectivity index (χ1) is 12.9. The van der Waals surface area contributed by atoms with E-state index in [-0.39, 0.29) is 0 Å². The van der Waals surface area contributed by atoms with Crippen LogP contribution in [0.4, 0.5) is 10.5 Å². The molecule has 1 aliphatic heterocycles. The summed E-state index contributed by atoms with van der Waals surface area (Å²) < 4.78 is 0. The molecule has 1 fully saturated rings. The maximum Gasteiger partial charge on any atom is 0.330 e. The van der Waals surface area contributed by atoms with Gasteiger partial charge in [-0.1, -0.05) is 30.3 Å². The molecule has 1 heterocycles. The van der Waals surface area contributed by atoms with Crippen LogP contribution >= 0.6 is 0 Å². The number of benzene rings is 3. The lowest BCUT2D eigenvalue weighted by Gasteiger charge is -2.26. The van der Waals surface area contributed by atoms with Crippen LogP contribution in [0.25, 0.3) is 21.5 Å². The number of carbonyl (C=O) groups is 4. The Hall–Kier alpha value is -3.74. The van der Waals surface area contributed by atoms with E-state index in [9.17, 15) is 19.2 Å². The predicted molar refractivity (Wildman–Crippen MR) is 99.9 cm³/mol. The van der Waals surface area contributed by atoms with Crippen LogP contribution < -0.4 is 10.6 Å². The number of fused-ring (bicyclic) bond motifs is 2. The van der Waals surface area contributed by atoms with E-state index in [1.807, 2.05) is 41.7 Å². The van der Waals surface area contributed by atoms with Gasteiger partial charge in [-0.15, -0.1) is 0 Å². The molecule has 0 aromatic heterocycles. The third-order valence-corrected chi connectivity index (χ3v) is 4.61. The van der Waals surface area contributed by atoms with Gasteiger partial charge in [-0.3, -0.25) is 24.6 Å². The molecule has 1 atom stereocenters. The molecule has 0 radical (unpaired) electrons. The molecule has 2 N–H and O–H groups in total. The van der Waals surface area contributed by atoms with Crippen LogP contribution in [0.1, 0.15) is 0 Å². The lowest BCUT2D eigenvalue weighted by molar-refractivity contribution is -0.145. The Bertz CT molecular complexity index is 1140. The van der Waals surface area contributed by atoms with E-state index in [1.165, 1.54) is 7.05 Å². The van der Waals surface area contributed by atoms with Gasteiger partial charge in [0.15, 0.2) is 5.92 Å². The fraction of sp³-hybridized carbons (Fsp3) is 0.100. The number of nitrogens with one attached hydrogen (secondary N) is 2. The van der Waals surface area contributed by atoms with Gasteiger partial charge in [0.2, 0.25) is 11.8 Å². The number of rotatable bonds is 2. The Morgan fingerprint density at radius 1 is 0.926 bits per heavy atom. The smallest absolute Gasteiger partial charge is 0.325 e. The van der Waals surface area contributed by atoms with Crippen LogP contribution in [0.15, 0.2) is 54.6 Å². The second-order valence-electron chi connectivity index (χ2n) is 6.38. The summed E-state index contributed by atoms with van der Waals surface area (Å²) in [4.78, 5) is 48.6. The van der Waals surface area contributed by atoms with E-state index in [0.29, 0.717) is 5.69 Å². The zero-order valence-electron chi connectivity index (χ0n) is 14.4. The zero-order chi connectivity index (χ0) is 19.1. The number of hydrogen-bond donors (Lipinski definition) is 2. The van der Waals surface area contributed by atoms with Crippen LogP contribution in [-0.2, 0) is 14.4 Å². The van der Waals surface area contributed by atoms with Crippen molar-refractivity contribution in [3.63, 3.8) is 0 Å². The monoisotopic (exact) mass is 361 g/mol. The van der Waals surface area contributed by atoms with Gasteiger partial charge < -0.3 is 5.32 Å². The third-order valence-electron chi connectivity index (χ3n) is 4.61. The number of amides is 5. The van der Waals surface area contributed by atoms with E-state index in [2.05, 4.69) is 11.4 Å². The molecular formula is C20H15N3O4. The van der Waals surface area contributed by atoms with Crippen molar-refractivity contribution in [2.75, 3.05) is 12.4 Å². The quantitative estimate of drug-likeness (QED) is 0.541. The highest BCUT2D eigenvalue weighted by Crippen LogP contribution is 2.25. The lowest BCUT2D eigenvalue weighted by Crippen LogP contribution is -2.59. The SMILES string of the molecule is CN1C(=O)NC(=O)C(C(=O)Nc2ccc3cc4ccccc4cc3c2)C1=O. The molecule has 134 valence electrons. The number of urea groups is 1. The van der Waals surface area contributed by atoms with Crippen molar-refractivity contribution in [1.82, 2.24) is 10.2 Å². The standard InChI is InChI=1S/C20H15N3O4/c1-23-19(26)16(18(25)22-20(23)27)17(24)21-15-7-6-13-8-11-4-2-3-5-12(11)9-14(13)10-15/h2-10,16H,1H3,(H,21,24)(H,22,25,27). The first-order valence-corrected chi connectivity index (χ1v) is 8.30. The van der Waals surface area contributed by atoms with Crippen molar-refractivity contribution in [3.8, 4) is 0 Å². The second kappa shape index (κ2) is 6.21. The van der Waals surface area contributed by atoms with E-state index in [1.54, 1.807) is 12.1 Å². The van der Waals surface area contributed by atoms with E-state index in [0.717, 1.165) is 26.4 Å². The number of carbonyl (C=O) groups excluding carboxylic acids is 4. The van der Waals surface area contributed by atoms with Crippen molar-refractivity contribution in [3.05, 3.63) is 54.6 Å². The highest BCUT2D eigenvalue weighted by atomic mass is 16.2. The van der Waals surface area contributed by atoms with Crippen molar-refractivity contribution in [2.24, 2.45) is 5.92 Å². The average molecular weight is 361 g/mol. The number of nitrogens with zero attached hydrogens (tertiary/aromatic N) is 1. The first-order valence-electron chi connectivity index (χ1n) is 8.30. The Kier molecular flexibility index (Phi) is 3.84. The van der Waals surface area contributed by atoms with Gasteiger partial charge in [0.1, 0.15) is 0 Å². The van der Waals surface area contributed by atoms with Gasteiger partial charge in [-0.05, 0) is 45.8 Å². The number of hydrogen-bond acceptors (Lipinski definition) is 4. The van der Waals surface area contributed by atoms with E-state index in [4.69, 9.17) is 0 Å². The summed E-state index contributed by atoms with van der Waals surface area (Å²) in [5.74, 6) is -4.16. The van der Waals surface area contributed by atoms with Gasteiger partial charge in [0.25, 0.3) is 5.91 Å². The third kappa shape index (κ3) is 2.89. The zero-order valence-corrected chi connectivity index (χ0v) is 14.4. The van der Waals surface area contributed by atoms with Crippen molar-refractivity contribution in [2.45, 2.75) is 0 Å². The van der Waals surface area contributed by atoms with Gasteiger partial charge in [0, 0.05) is 12.7 Å². The van der Waals surface area contributed by atoms with Crippen LogP contribution in [-0.4, -0.2) is 35.7 Å². The van der Waals surface area contributed by atoms with Crippen LogP contribution in [0, 0.1) is 5.92 Å². The fourth-order valence-corrected chi connectivity index (χ4v) is 3.13. The molecule has 1 aliphatic rings. The highest BCUT2D eigenvalue weighted by Gasteiger charge is 2.43. The van der Waals surface area contributed by atoms with E-state index < -0.39 is 29.7 Å². The molecular weight excluding hydrogens is 346 g/mol. The van der Waals surface area contributed by atoms with Gasteiger partial charge in [-0.2, -0.15) is 0 Å². The molecule has 3 aromatic rings. The Balaban J connectivity index is 1.63. The molecule has 27 heavy (non-hydrogen) atoms. The molecule has 0 aliphatic carbocycles. The number of barbiturate groups is 1. The number of anilines is 1. The predicted octanol–water partition coefficient (Wildman–Crippen LogP) is 2.26. The topological polar surface area (TPSA) is 95.6 Å². The van der Waals surface area contributed by atoms with Gasteiger partial charge in [-0.25, -0.2) is 4.79 Å². The van der Waals surface area contributed by atoms with Crippen LogP contribution in [0.5, 0.6) is 0 Å². The summed E-state index contributed by atoms with van der Waals surface area (Å²) in [7, 11) is 1.21. The molecule has 7 nitrogen and oxygen atoms in total. The van der Waals surface area contributed by atoms with Crippen molar-refractivity contribution >= 4 is 51.0 Å². The van der Waals surface area contributed by atoms with Crippen molar-refractivity contribution in [1.29, 1.82) is 0 Å². The first kappa shape index (κ1) is 16.7. The maximum atomic E-state index is 12.5. The molecule has 0 spiro atoms. The summed E-state index contributed by atoms with van der Waals surface area (Å²) in [6.07, 6.45) is 0. The minimum atomic E-state index is -1.60. The Labute approximate surface area is 153 Å².